The Morgan fingerprint density at radius 3 is 2.90 bits per heavy atom. The predicted octanol–water partition coefficient (Wildman–Crippen LogP) is -0.125. The minimum absolute atomic E-state index is 0.266. The molecule has 58 valence electrons. The van der Waals surface area contributed by atoms with E-state index in [9.17, 15) is 4.79 Å². The Kier molecular flexibility index (Phi) is 2.24. The van der Waals surface area contributed by atoms with Crippen LogP contribution in [0.1, 0.15) is 6.42 Å². The van der Waals surface area contributed by atoms with Crippen molar-refractivity contribution in [2.45, 2.75) is 18.6 Å². The monoisotopic (exact) mass is 146 g/mol. The first-order chi connectivity index (χ1) is 4.75. The first-order valence-electron chi connectivity index (χ1n) is 3.13. The lowest BCUT2D eigenvalue weighted by molar-refractivity contribution is -0.152. The van der Waals surface area contributed by atoms with E-state index < -0.39 is 12.1 Å². The molecule has 4 nitrogen and oxygen atoms in total. The topological polar surface area (TPSA) is 55.8 Å². The maximum atomic E-state index is 10.4. The van der Waals surface area contributed by atoms with Gasteiger partial charge in [-0.1, -0.05) is 0 Å². The summed E-state index contributed by atoms with van der Waals surface area (Å²) in [7, 11) is 1.50. The SMILES string of the molecule is CO[C@H]1CCO[C@H]1C(=O)O. The molecule has 1 aliphatic rings. The number of methoxy groups -OCH3 is 1. The van der Waals surface area contributed by atoms with Crippen molar-refractivity contribution in [3.8, 4) is 0 Å². The highest BCUT2D eigenvalue weighted by atomic mass is 16.6. The van der Waals surface area contributed by atoms with Gasteiger partial charge in [0.25, 0.3) is 0 Å². The molecule has 2 atom stereocenters. The number of hydrogen-bond donors (Lipinski definition) is 1. The highest BCUT2D eigenvalue weighted by molar-refractivity contribution is 5.73. The molecule has 0 unspecified atom stereocenters. The van der Waals surface area contributed by atoms with E-state index in [-0.39, 0.29) is 6.10 Å². The van der Waals surface area contributed by atoms with E-state index in [1.54, 1.807) is 0 Å². The molecule has 0 saturated carbocycles. The molecule has 0 spiro atoms. The third-order valence-corrected chi connectivity index (χ3v) is 1.58. The Balaban J connectivity index is 2.50. The highest BCUT2D eigenvalue weighted by Gasteiger charge is 2.33. The van der Waals surface area contributed by atoms with Gasteiger partial charge in [-0.15, -0.1) is 0 Å². The number of carboxylic acid groups (broad SMARTS) is 1. The van der Waals surface area contributed by atoms with Gasteiger partial charge in [-0.05, 0) is 0 Å². The van der Waals surface area contributed by atoms with Crippen LogP contribution in [0, 0.1) is 0 Å². The van der Waals surface area contributed by atoms with Gasteiger partial charge in [-0.25, -0.2) is 4.79 Å². The Labute approximate surface area is 58.7 Å². The average molecular weight is 146 g/mol. The summed E-state index contributed by atoms with van der Waals surface area (Å²) in [4.78, 5) is 10.4. The molecule has 1 N–H and O–H groups in total. The van der Waals surface area contributed by atoms with Gasteiger partial charge in [0, 0.05) is 13.5 Å². The fraction of sp³-hybridized carbons (Fsp3) is 0.833. The fourth-order valence-electron chi connectivity index (χ4n) is 1.04. The van der Waals surface area contributed by atoms with Crippen LogP contribution in [0.25, 0.3) is 0 Å². The van der Waals surface area contributed by atoms with E-state index in [1.165, 1.54) is 7.11 Å². The molecule has 1 fully saturated rings. The second-order valence-corrected chi connectivity index (χ2v) is 2.19. The van der Waals surface area contributed by atoms with Gasteiger partial charge in [0.2, 0.25) is 0 Å². The molecule has 1 saturated heterocycles. The van der Waals surface area contributed by atoms with Crippen LogP contribution >= 0.6 is 0 Å². The van der Waals surface area contributed by atoms with Crippen molar-refractivity contribution in [1.29, 1.82) is 0 Å². The summed E-state index contributed by atoms with van der Waals surface area (Å²) < 4.78 is 9.77. The third-order valence-electron chi connectivity index (χ3n) is 1.58. The Bertz CT molecular complexity index is 134. The van der Waals surface area contributed by atoms with Gasteiger partial charge in [0.15, 0.2) is 6.10 Å². The van der Waals surface area contributed by atoms with Crippen LogP contribution in [0.15, 0.2) is 0 Å². The van der Waals surface area contributed by atoms with Crippen LogP contribution in [-0.4, -0.2) is 37.0 Å². The number of hydrogen-bond acceptors (Lipinski definition) is 3. The number of aliphatic carboxylic acids is 1. The van der Waals surface area contributed by atoms with E-state index in [0.717, 1.165) is 0 Å². The van der Waals surface area contributed by atoms with Crippen molar-refractivity contribution in [1.82, 2.24) is 0 Å². The lowest BCUT2D eigenvalue weighted by Crippen LogP contribution is -2.31. The Morgan fingerprint density at radius 2 is 2.50 bits per heavy atom. The van der Waals surface area contributed by atoms with Crippen LogP contribution < -0.4 is 0 Å². The standard InChI is InChI=1S/C6H10O4/c1-9-4-2-3-10-5(4)6(7)8/h4-5H,2-3H2,1H3,(H,7,8)/t4-,5+/m0/s1. The Hall–Kier alpha value is -0.610. The summed E-state index contributed by atoms with van der Waals surface area (Å²) >= 11 is 0. The molecule has 0 amide bonds. The molecule has 1 aliphatic heterocycles. The lowest BCUT2D eigenvalue weighted by atomic mass is 10.2. The highest BCUT2D eigenvalue weighted by Crippen LogP contribution is 2.15. The van der Waals surface area contributed by atoms with E-state index in [4.69, 9.17) is 14.6 Å². The number of ether oxygens (including phenoxy) is 2. The Morgan fingerprint density at radius 1 is 1.80 bits per heavy atom. The lowest BCUT2D eigenvalue weighted by Gasteiger charge is -2.11. The van der Waals surface area contributed by atoms with Crippen molar-refractivity contribution in [2.75, 3.05) is 13.7 Å². The zero-order valence-corrected chi connectivity index (χ0v) is 5.74. The summed E-state index contributed by atoms with van der Waals surface area (Å²) in [6, 6.07) is 0. The molecule has 0 bridgehead atoms. The number of carboxylic acids is 1. The maximum Gasteiger partial charge on any atom is 0.335 e. The minimum atomic E-state index is -0.940. The molecule has 0 aliphatic carbocycles. The summed E-state index contributed by atoms with van der Waals surface area (Å²) in [6.45, 7) is 0.482. The summed E-state index contributed by atoms with van der Waals surface area (Å²) in [5.41, 5.74) is 0. The average Bonchev–Trinajstić information content (AvgIpc) is 2.33. The molecular weight excluding hydrogens is 136 g/mol. The smallest absolute Gasteiger partial charge is 0.335 e. The number of carbonyl (C=O) groups is 1. The predicted molar refractivity (Wildman–Crippen MR) is 32.8 cm³/mol. The molecule has 1 rings (SSSR count). The van der Waals surface area contributed by atoms with Gasteiger partial charge in [0.1, 0.15) is 0 Å². The molecule has 10 heavy (non-hydrogen) atoms. The van der Waals surface area contributed by atoms with Crippen LogP contribution in [0.2, 0.25) is 0 Å². The van der Waals surface area contributed by atoms with Crippen LogP contribution in [-0.2, 0) is 14.3 Å². The second-order valence-electron chi connectivity index (χ2n) is 2.19. The molecular formula is C6H10O4. The first kappa shape index (κ1) is 7.50. The molecule has 0 aromatic heterocycles. The molecule has 0 aromatic rings. The summed E-state index contributed by atoms with van der Waals surface area (Å²) in [6.07, 6.45) is -0.351. The maximum absolute atomic E-state index is 10.4. The molecule has 0 radical (unpaired) electrons. The van der Waals surface area contributed by atoms with E-state index in [1.807, 2.05) is 0 Å². The second kappa shape index (κ2) is 2.98. The van der Waals surface area contributed by atoms with E-state index in [0.29, 0.717) is 13.0 Å². The molecule has 1 heterocycles. The van der Waals surface area contributed by atoms with Crippen molar-refractivity contribution >= 4 is 5.97 Å². The van der Waals surface area contributed by atoms with Crippen LogP contribution in [0.3, 0.4) is 0 Å². The largest absolute Gasteiger partial charge is 0.479 e. The van der Waals surface area contributed by atoms with Crippen molar-refractivity contribution in [3.63, 3.8) is 0 Å². The number of rotatable bonds is 2. The van der Waals surface area contributed by atoms with Crippen molar-refractivity contribution in [3.05, 3.63) is 0 Å². The summed E-state index contributed by atoms with van der Waals surface area (Å²) in [5.74, 6) is -0.940. The fourth-order valence-corrected chi connectivity index (χ4v) is 1.04. The molecule has 0 aromatic carbocycles. The van der Waals surface area contributed by atoms with Gasteiger partial charge in [-0.2, -0.15) is 0 Å². The van der Waals surface area contributed by atoms with E-state index >= 15 is 0 Å². The van der Waals surface area contributed by atoms with E-state index in [2.05, 4.69) is 0 Å². The third kappa shape index (κ3) is 1.27. The van der Waals surface area contributed by atoms with Gasteiger partial charge >= 0.3 is 5.97 Å². The summed E-state index contributed by atoms with van der Waals surface area (Å²) in [5, 5.41) is 8.51. The normalized spacial score (nSPS) is 32.5. The van der Waals surface area contributed by atoms with Crippen LogP contribution in [0.5, 0.6) is 0 Å². The van der Waals surface area contributed by atoms with Crippen LogP contribution in [0.4, 0.5) is 0 Å². The first-order valence-corrected chi connectivity index (χ1v) is 3.13. The zero-order chi connectivity index (χ0) is 7.56. The van der Waals surface area contributed by atoms with Gasteiger partial charge in [0.05, 0.1) is 12.7 Å². The minimum Gasteiger partial charge on any atom is -0.479 e. The van der Waals surface area contributed by atoms with Gasteiger partial charge < -0.3 is 14.6 Å². The van der Waals surface area contributed by atoms with Crippen molar-refractivity contribution in [2.24, 2.45) is 0 Å². The van der Waals surface area contributed by atoms with Crippen molar-refractivity contribution < 1.29 is 19.4 Å². The quantitative estimate of drug-likeness (QED) is 0.589. The van der Waals surface area contributed by atoms with Gasteiger partial charge in [-0.3, -0.25) is 0 Å². The molecule has 4 heteroatoms. The zero-order valence-electron chi connectivity index (χ0n) is 5.74.